The molecule has 1 aliphatic heterocycles. The Morgan fingerprint density at radius 3 is 3.11 bits per heavy atom. The summed E-state index contributed by atoms with van der Waals surface area (Å²) in [5.41, 5.74) is 7.28. The van der Waals surface area contributed by atoms with Crippen molar-refractivity contribution in [1.82, 2.24) is 4.90 Å². The van der Waals surface area contributed by atoms with Gasteiger partial charge in [-0.1, -0.05) is 18.3 Å². The lowest BCUT2D eigenvalue weighted by molar-refractivity contribution is 0.0668. The third kappa shape index (κ3) is 3.96. The minimum absolute atomic E-state index is 0.219. The Morgan fingerprint density at radius 1 is 1.58 bits per heavy atom. The van der Waals surface area contributed by atoms with E-state index in [1.54, 1.807) is 6.07 Å². The first kappa shape index (κ1) is 14.4. The van der Waals surface area contributed by atoms with E-state index in [-0.39, 0.29) is 16.9 Å². The lowest BCUT2D eigenvalue weighted by atomic mass is 10.1. The van der Waals surface area contributed by atoms with Crippen molar-refractivity contribution in [1.29, 1.82) is 0 Å². The van der Waals surface area contributed by atoms with E-state index >= 15 is 0 Å². The predicted octanol–water partition coefficient (Wildman–Crippen LogP) is 2.07. The van der Waals surface area contributed by atoms with E-state index < -0.39 is 0 Å². The van der Waals surface area contributed by atoms with Gasteiger partial charge in [0.15, 0.2) is 0 Å². The van der Waals surface area contributed by atoms with E-state index in [1.165, 1.54) is 12.1 Å². The normalized spacial score (nSPS) is 21.1. The second-order valence-electron chi connectivity index (χ2n) is 4.94. The third-order valence-corrected chi connectivity index (χ3v) is 3.49. The Balaban J connectivity index is 2.15. The van der Waals surface area contributed by atoms with Crippen molar-refractivity contribution in [2.24, 2.45) is 5.73 Å². The topological polar surface area (TPSA) is 38.5 Å². The summed E-state index contributed by atoms with van der Waals surface area (Å²) in [7, 11) is 0. The van der Waals surface area contributed by atoms with Crippen LogP contribution in [0.25, 0.3) is 0 Å². The summed E-state index contributed by atoms with van der Waals surface area (Å²) < 4.78 is 18.9. The third-order valence-electron chi connectivity index (χ3n) is 3.27. The lowest BCUT2D eigenvalue weighted by Gasteiger charge is -2.23. The minimum Gasteiger partial charge on any atom is -0.389 e. The number of nitrogens with two attached hydrogens (primary N) is 1. The molecule has 0 saturated carbocycles. The molecule has 0 radical (unpaired) electrons. The van der Waals surface area contributed by atoms with Crippen LogP contribution in [0.5, 0.6) is 0 Å². The number of hydrogen-bond donors (Lipinski definition) is 1. The molecule has 0 aromatic heterocycles. The van der Waals surface area contributed by atoms with Gasteiger partial charge in [-0.25, -0.2) is 4.39 Å². The molecule has 104 valence electrons. The van der Waals surface area contributed by atoms with E-state index in [2.05, 4.69) is 11.8 Å². The van der Waals surface area contributed by atoms with E-state index in [4.69, 9.17) is 22.7 Å². The Morgan fingerprint density at radius 2 is 2.37 bits per heavy atom. The Bertz CT molecular complexity index is 467. The fourth-order valence-electron chi connectivity index (χ4n) is 2.38. The number of hydrogen-bond acceptors (Lipinski definition) is 3. The maximum Gasteiger partial charge on any atom is 0.123 e. The van der Waals surface area contributed by atoms with Crippen molar-refractivity contribution in [2.45, 2.75) is 26.0 Å². The highest BCUT2D eigenvalue weighted by Gasteiger charge is 2.17. The molecule has 1 fully saturated rings. The van der Waals surface area contributed by atoms with E-state index in [0.29, 0.717) is 5.56 Å². The SMILES string of the molecule is CC1CN(Cc2ccc(F)cc2C(N)=S)CCCO1. The molecule has 0 bridgehead atoms. The number of benzene rings is 1. The maximum absolute atomic E-state index is 13.3. The molecule has 0 spiro atoms. The summed E-state index contributed by atoms with van der Waals surface area (Å²) in [5.74, 6) is -0.306. The summed E-state index contributed by atoms with van der Waals surface area (Å²) in [5, 5.41) is 0. The zero-order chi connectivity index (χ0) is 13.8. The number of ether oxygens (including phenoxy) is 1. The summed E-state index contributed by atoms with van der Waals surface area (Å²) >= 11 is 4.99. The average Bonchev–Trinajstić information content (AvgIpc) is 2.55. The molecule has 0 aliphatic carbocycles. The first-order valence-electron chi connectivity index (χ1n) is 6.48. The highest BCUT2D eigenvalue weighted by Crippen LogP contribution is 2.16. The molecule has 3 nitrogen and oxygen atoms in total. The first-order valence-corrected chi connectivity index (χ1v) is 6.89. The van der Waals surface area contributed by atoms with Gasteiger partial charge < -0.3 is 10.5 Å². The Hall–Kier alpha value is -1.04. The molecule has 1 atom stereocenters. The van der Waals surface area contributed by atoms with Gasteiger partial charge in [-0.2, -0.15) is 0 Å². The average molecular weight is 282 g/mol. The van der Waals surface area contributed by atoms with Gasteiger partial charge in [0.25, 0.3) is 0 Å². The summed E-state index contributed by atoms with van der Waals surface area (Å²) in [6.45, 7) is 5.42. The van der Waals surface area contributed by atoms with Crippen molar-refractivity contribution >= 4 is 17.2 Å². The van der Waals surface area contributed by atoms with Gasteiger partial charge in [-0.15, -0.1) is 0 Å². The smallest absolute Gasteiger partial charge is 0.123 e. The number of nitrogens with zero attached hydrogens (tertiary/aromatic N) is 1. The Labute approximate surface area is 118 Å². The lowest BCUT2D eigenvalue weighted by Crippen LogP contribution is -2.30. The molecular weight excluding hydrogens is 263 g/mol. The van der Waals surface area contributed by atoms with Crippen LogP contribution in [0.3, 0.4) is 0 Å². The first-order chi connectivity index (χ1) is 9.06. The molecule has 0 amide bonds. The number of rotatable bonds is 3. The van der Waals surface area contributed by atoms with E-state index in [0.717, 1.165) is 38.2 Å². The van der Waals surface area contributed by atoms with Gasteiger partial charge in [0, 0.05) is 31.8 Å². The van der Waals surface area contributed by atoms with Crippen LogP contribution in [0.4, 0.5) is 4.39 Å². The molecule has 1 saturated heterocycles. The van der Waals surface area contributed by atoms with Gasteiger partial charge >= 0.3 is 0 Å². The molecule has 1 aromatic rings. The molecule has 2 N–H and O–H groups in total. The second kappa shape index (κ2) is 6.41. The molecule has 1 unspecified atom stereocenters. The van der Waals surface area contributed by atoms with E-state index in [1.807, 2.05) is 0 Å². The van der Waals surface area contributed by atoms with Crippen LogP contribution < -0.4 is 5.73 Å². The largest absolute Gasteiger partial charge is 0.389 e. The van der Waals surface area contributed by atoms with Gasteiger partial charge in [0.05, 0.1) is 6.10 Å². The van der Waals surface area contributed by atoms with Gasteiger partial charge in [0.2, 0.25) is 0 Å². The molecule has 1 aliphatic rings. The molecule has 2 rings (SSSR count). The summed E-state index contributed by atoms with van der Waals surface area (Å²) in [6.07, 6.45) is 1.23. The van der Waals surface area contributed by atoms with Crippen LogP contribution in [0.2, 0.25) is 0 Å². The zero-order valence-electron chi connectivity index (χ0n) is 11.1. The fraction of sp³-hybridized carbons (Fsp3) is 0.500. The maximum atomic E-state index is 13.3. The highest BCUT2D eigenvalue weighted by molar-refractivity contribution is 7.80. The monoisotopic (exact) mass is 282 g/mol. The summed E-state index contributed by atoms with van der Waals surface area (Å²) in [6, 6.07) is 4.63. The predicted molar refractivity (Wildman–Crippen MR) is 77.6 cm³/mol. The molecule has 19 heavy (non-hydrogen) atoms. The van der Waals surface area contributed by atoms with E-state index in [9.17, 15) is 4.39 Å². The quantitative estimate of drug-likeness (QED) is 0.861. The van der Waals surface area contributed by atoms with Crippen LogP contribution in [0.15, 0.2) is 18.2 Å². The molecule has 5 heteroatoms. The van der Waals surface area contributed by atoms with Crippen molar-refractivity contribution in [3.8, 4) is 0 Å². The van der Waals surface area contributed by atoms with Crippen LogP contribution in [-0.2, 0) is 11.3 Å². The van der Waals surface area contributed by atoms with Gasteiger partial charge in [0.1, 0.15) is 10.8 Å². The van der Waals surface area contributed by atoms with Crippen molar-refractivity contribution in [2.75, 3.05) is 19.7 Å². The number of thiocarbonyl (C=S) groups is 1. The molecule has 1 aromatic carbocycles. The van der Waals surface area contributed by atoms with Gasteiger partial charge in [-0.3, -0.25) is 4.90 Å². The van der Waals surface area contributed by atoms with Crippen molar-refractivity contribution in [3.63, 3.8) is 0 Å². The van der Waals surface area contributed by atoms with Crippen LogP contribution in [0.1, 0.15) is 24.5 Å². The highest BCUT2D eigenvalue weighted by atomic mass is 32.1. The Kier molecular flexibility index (Phi) is 4.85. The van der Waals surface area contributed by atoms with Crippen LogP contribution in [0, 0.1) is 5.82 Å². The van der Waals surface area contributed by atoms with Gasteiger partial charge in [-0.05, 0) is 31.0 Å². The van der Waals surface area contributed by atoms with Crippen molar-refractivity contribution < 1.29 is 9.13 Å². The van der Waals surface area contributed by atoms with Crippen LogP contribution >= 0.6 is 12.2 Å². The number of halogens is 1. The standard InChI is InChI=1S/C14H19FN2OS/c1-10-8-17(5-2-6-18-10)9-11-3-4-12(15)7-13(11)14(16)19/h3-4,7,10H,2,5-6,8-9H2,1H3,(H2,16,19). The minimum atomic E-state index is -0.306. The molecular formula is C14H19FN2OS. The second-order valence-corrected chi connectivity index (χ2v) is 5.38. The van der Waals surface area contributed by atoms with Crippen molar-refractivity contribution in [3.05, 3.63) is 35.1 Å². The molecule has 1 heterocycles. The summed E-state index contributed by atoms with van der Waals surface area (Å²) in [4.78, 5) is 2.54. The zero-order valence-corrected chi connectivity index (χ0v) is 11.9. The fourth-order valence-corrected chi connectivity index (χ4v) is 2.57. The van der Waals surface area contributed by atoms with Crippen LogP contribution in [-0.4, -0.2) is 35.7 Å².